The second-order valence-electron chi connectivity index (χ2n) is 8.08. The van der Waals surface area contributed by atoms with Crippen LogP contribution in [-0.2, 0) is 25.7 Å². The normalized spacial score (nSPS) is 21.2. The monoisotopic (exact) mass is 555 g/mol. The van der Waals surface area contributed by atoms with E-state index in [9.17, 15) is 31.1 Å². The zero-order chi connectivity index (χ0) is 28.5. The van der Waals surface area contributed by atoms with Crippen molar-refractivity contribution in [1.29, 1.82) is 0 Å². The molecule has 4 heterocycles. The molecule has 2 aliphatic heterocycles. The number of carbonyl (C=O) groups is 3. The van der Waals surface area contributed by atoms with Gasteiger partial charge in [-0.05, 0) is 30.7 Å². The lowest BCUT2D eigenvalue weighted by Gasteiger charge is -2.38. The van der Waals surface area contributed by atoms with E-state index in [1.807, 2.05) is 24.3 Å². The Labute approximate surface area is 211 Å². The fourth-order valence-corrected chi connectivity index (χ4v) is 3.76. The Hall–Kier alpha value is -3.66. The minimum atomic E-state index is -5.08. The maximum atomic E-state index is 12.8. The van der Waals surface area contributed by atoms with E-state index in [0.717, 1.165) is 37.6 Å². The molecule has 0 aromatic carbocycles. The van der Waals surface area contributed by atoms with E-state index >= 15 is 0 Å². The van der Waals surface area contributed by atoms with Gasteiger partial charge in [0.25, 0.3) is 0 Å². The van der Waals surface area contributed by atoms with Gasteiger partial charge in [-0.15, -0.1) is 0 Å². The van der Waals surface area contributed by atoms with E-state index < -0.39 is 24.3 Å². The summed E-state index contributed by atoms with van der Waals surface area (Å²) < 4.78 is 74.8. The first kappa shape index (κ1) is 30.6. The van der Waals surface area contributed by atoms with Crippen molar-refractivity contribution in [3.63, 3.8) is 0 Å². The van der Waals surface area contributed by atoms with Crippen LogP contribution in [-0.4, -0.2) is 76.1 Å². The Morgan fingerprint density at radius 2 is 1.66 bits per heavy atom. The number of ether oxygens (including phenoxy) is 1. The quantitative estimate of drug-likeness (QED) is 0.484. The summed E-state index contributed by atoms with van der Waals surface area (Å²) in [5.74, 6) is -4.35. The number of carbonyl (C=O) groups excluding carboxylic acids is 1. The smallest absolute Gasteiger partial charge is 0.475 e. The average molecular weight is 555 g/mol. The number of carboxylic acids is 2. The van der Waals surface area contributed by atoms with Crippen molar-refractivity contribution in [1.82, 2.24) is 9.88 Å². The van der Waals surface area contributed by atoms with Crippen LogP contribution in [0.4, 0.5) is 32.0 Å². The number of alkyl halides is 6. The molecule has 0 aliphatic carbocycles. The van der Waals surface area contributed by atoms with Crippen molar-refractivity contribution < 1.29 is 60.1 Å². The van der Waals surface area contributed by atoms with E-state index in [2.05, 4.69) is 15.2 Å². The number of aliphatic carboxylic acids is 2. The van der Waals surface area contributed by atoms with Crippen molar-refractivity contribution in [2.24, 2.45) is 11.8 Å². The van der Waals surface area contributed by atoms with E-state index in [4.69, 9.17) is 29.0 Å². The largest absolute Gasteiger partial charge is 0.490 e. The predicted molar refractivity (Wildman–Crippen MR) is 116 cm³/mol. The minimum absolute atomic E-state index is 0.0487. The molecule has 2 fully saturated rings. The van der Waals surface area contributed by atoms with Gasteiger partial charge in [-0.3, -0.25) is 14.7 Å². The summed E-state index contributed by atoms with van der Waals surface area (Å²) in [7, 11) is 0. The minimum Gasteiger partial charge on any atom is -0.475 e. The van der Waals surface area contributed by atoms with Gasteiger partial charge in [0.2, 0.25) is 5.91 Å². The molecule has 1 amide bonds. The third kappa shape index (κ3) is 9.66. The molecule has 2 aromatic heterocycles. The van der Waals surface area contributed by atoms with Gasteiger partial charge < -0.3 is 24.7 Å². The fraction of sp³-hybridized carbons (Fsp3) is 0.455. The number of likely N-dealkylation sites (tertiary alicyclic amines) is 1. The molecule has 4 rings (SSSR count). The highest BCUT2D eigenvalue weighted by Crippen LogP contribution is 2.35. The van der Waals surface area contributed by atoms with Crippen LogP contribution >= 0.6 is 0 Å². The van der Waals surface area contributed by atoms with Crippen LogP contribution in [0.2, 0.25) is 0 Å². The van der Waals surface area contributed by atoms with Crippen LogP contribution in [0.5, 0.6) is 0 Å². The molecule has 210 valence electrons. The van der Waals surface area contributed by atoms with Gasteiger partial charge in [0.15, 0.2) is 0 Å². The number of fused-ring (bicyclic) bond motifs is 1. The van der Waals surface area contributed by atoms with E-state index in [-0.39, 0.29) is 23.8 Å². The number of anilines is 1. The molecule has 0 bridgehead atoms. The van der Waals surface area contributed by atoms with Crippen LogP contribution in [0.3, 0.4) is 0 Å². The number of piperidine rings is 1. The summed E-state index contributed by atoms with van der Waals surface area (Å²) in [6.07, 6.45) is -4.05. The van der Waals surface area contributed by atoms with Crippen molar-refractivity contribution in [2.75, 3.05) is 25.0 Å². The number of furan rings is 1. The maximum absolute atomic E-state index is 12.8. The summed E-state index contributed by atoms with van der Waals surface area (Å²) in [5.41, 5.74) is 0.737. The number of hydrogen-bond donors (Lipinski definition) is 3. The van der Waals surface area contributed by atoms with Crippen LogP contribution in [0.1, 0.15) is 12.2 Å². The molecule has 0 spiro atoms. The number of nitrogens with one attached hydrogen (secondary N) is 1. The molecule has 2 saturated heterocycles. The molecular weight excluding hydrogens is 532 g/mol. The first-order valence-corrected chi connectivity index (χ1v) is 10.9. The molecule has 0 unspecified atom stereocenters. The number of amides is 1. The second kappa shape index (κ2) is 13.2. The highest BCUT2D eigenvalue weighted by Gasteiger charge is 2.44. The third-order valence-electron chi connectivity index (χ3n) is 5.38. The van der Waals surface area contributed by atoms with Crippen molar-refractivity contribution >= 4 is 23.5 Å². The number of halogens is 6. The molecule has 3 atom stereocenters. The Morgan fingerprint density at radius 3 is 2.16 bits per heavy atom. The highest BCUT2D eigenvalue weighted by molar-refractivity contribution is 5.92. The average Bonchev–Trinajstić information content (AvgIpc) is 3.51. The van der Waals surface area contributed by atoms with Crippen LogP contribution < -0.4 is 5.32 Å². The number of aromatic nitrogens is 1. The second-order valence-corrected chi connectivity index (χ2v) is 8.08. The van der Waals surface area contributed by atoms with Gasteiger partial charge in [-0.2, -0.15) is 26.3 Å². The van der Waals surface area contributed by atoms with E-state index in [1.165, 1.54) is 0 Å². The molecule has 3 N–H and O–H groups in total. The Balaban J connectivity index is 0.000000301. The van der Waals surface area contributed by atoms with Crippen molar-refractivity contribution in [3.05, 3.63) is 48.7 Å². The van der Waals surface area contributed by atoms with Crippen LogP contribution in [0, 0.1) is 11.8 Å². The summed E-state index contributed by atoms with van der Waals surface area (Å²) in [4.78, 5) is 36.9. The maximum Gasteiger partial charge on any atom is 0.490 e. The number of rotatable bonds is 4. The Kier molecular flexibility index (Phi) is 10.6. The first-order valence-electron chi connectivity index (χ1n) is 10.9. The van der Waals surface area contributed by atoms with Gasteiger partial charge in [-0.1, -0.05) is 0 Å². The Bertz CT molecular complexity index is 1020. The van der Waals surface area contributed by atoms with Crippen molar-refractivity contribution in [2.45, 2.75) is 31.4 Å². The van der Waals surface area contributed by atoms with Gasteiger partial charge in [-0.25, -0.2) is 9.59 Å². The van der Waals surface area contributed by atoms with Crippen molar-refractivity contribution in [3.8, 4) is 0 Å². The Morgan fingerprint density at radius 1 is 1.03 bits per heavy atom. The topological polar surface area (TPSA) is 142 Å². The molecule has 38 heavy (non-hydrogen) atoms. The lowest BCUT2D eigenvalue weighted by atomic mass is 9.82. The highest BCUT2D eigenvalue weighted by atomic mass is 19.4. The SMILES string of the molecule is O=C(Nc1cccnc1)[C@H]1CN(Cc2ccco2)C[C@H]2OCC[C@@H]12.O=C(O)C(F)(F)F.O=C(O)C(F)(F)F. The summed E-state index contributed by atoms with van der Waals surface area (Å²) in [6, 6.07) is 7.53. The molecule has 0 saturated carbocycles. The third-order valence-corrected chi connectivity index (χ3v) is 5.38. The summed E-state index contributed by atoms with van der Waals surface area (Å²) in [5, 5.41) is 17.2. The number of pyridine rings is 1. The van der Waals surface area contributed by atoms with Gasteiger partial charge >= 0.3 is 24.3 Å². The number of hydrogen-bond acceptors (Lipinski definition) is 7. The fourth-order valence-electron chi connectivity index (χ4n) is 3.76. The first-order chi connectivity index (χ1) is 17.7. The number of nitrogens with zero attached hydrogens (tertiary/aromatic N) is 2. The molecule has 10 nitrogen and oxygen atoms in total. The van der Waals surface area contributed by atoms with Crippen LogP contribution in [0.15, 0.2) is 47.3 Å². The zero-order valence-electron chi connectivity index (χ0n) is 19.4. The number of carboxylic acid groups (broad SMARTS) is 2. The molecule has 2 aromatic rings. The standard InChI is InChI=1S/C18H21N3O3.2C2HF3O2/c22-18(20-13-3-1-6-19-9-13)16-11-21(10-14-4-2-7-23-14)12-17-15(16)5-8-24-17;2*3-2(4,5)1(6)7/h1-4,6-7,9,15-17H,5,8,10-12H2,(H,20,22);2*(H,6,7)/t15-,16-,17+;;/m0../s1. The lowest BCUT2D eigenvalue weighted by molar-refractivity contribution is -0.193. The molecule has 16 heteroatoms. The molecule has 2 aliphatic rings. The molecular formula is C22H23F6N3O7. The summed E-state index contributed by atoms with van der Waals surface area (Å²) >= 11 is 0. The summed E-state index contributed by atoms with van der Waals surface area (Å²) in [6.45, 7) is 3.01. The molecule has 0 radical (unpaired) electrons. The lowest BCUT2D eigenvalue weighted by Crippen LogP contribution is -2.51. The van der Waals surface area contributed by atoms with E-state index in [0.29, 0.717) is 6.54 Å². The van der Waals surface area contributed by atoms with Crippen LogP contribution in [0.25, 0.3) is 0 Å². The van der Waals surface area contributed by atoms with Gasteiger partial charge in [0, 0.05) is 31.8 Å². The predicted octanol–water partition coefficient (Wildman–Crippen LogP) is 3.42. The zero-order valence-corrected chi connectivity index (χ0v) is 19.4. The van der Waals surface area contributed by atoms with E-state index in [1.54, 1.807) is 18.7 Å². The van der Waals surface area contributed by atoms with Gasteiger partial charge in [0.05, 0.1) is 36.7 Å². The van der Waals surface area contributed by atoms with Gasteiger partial charge in [0.1, 0.15) is 5.76 Å².